The van der Waals surface area contributed by atoms with Gasteiger partial charge >= 0.3 is 5.97 Å². The van der Waals surface area contributed by atoms with Gasteiger partial charge in [-0.2, -0.15) is 0 Å². The average molecular weight is 325 g/mol. The maximum atomic E-state index is 13.7. The van der Waals surface area contributed by atoms with Crippen molar-refractivity contribution in [1.29, 1.82) is 0 Å². The van der Waals surface area contributed by atoms with E-state index in [9.17, 15) is 14.0 Å². The third-order valence-electron chi connectivity index (χ3n) is 3.61. The molecule has 6 heteroatoms. The standard InChI is InChI=1S/C15H18FNO4.C2H6/c1-2-14(18)17-7-3-4-11(17)9-21-13-6-5-10(15(19)20)8-12(13)16;1-2/h5-6,8,11H,2-4,7,9H2,1H3,(H,19,20);1-2H3. The topological polar surface area (TPSA) is 66.8 Å². The quantitative estimate of drug-likeness (QED) is 0.902. The van der Waals surface area contributed by atoms with Crippen molar-refractivity contribution in [3.63, 3.8) is 0 Å². The summed E-state index contributed by atoms with van der Waals surface area (Å²) in [5.41, 5.74) is -0.122. The molecule has 2 rings (SSSR count). The van der Waals surface area contributed by atoms with Gasteiger partial charge in [0.1, 0.15) is 6.61 Å². The highest BCUT2D eigenvalue weighted by Gasteiger charge is 2.28. The number of carboxylic acids is 1. The molecule has 1 aromatic carbocycles. The van der Waals surface area contributed by atoms with E-state index in [2.05, 4.69) is 0 Å². The van der Waals surface area contributed by atoms with Gasteiger partial charge in [-0.15, -0.1) is 0 Å². The Morgan fingerprint density at radius 1 is 1.39 bits per heavy atom. The van der Waals surface area contributed by atoms with Gasteiger partial charge in [-0.25, -0.2) is 9.18 Å². The minimum absolute atomic E-state index is 0.01000. The van der Waals surface area contributed by atoms with Crippen LogP contribution in [0, 0.1) is 5.82 Å². The maximum Gasteiger partial charge on any atom is 0.335 e. The van der Waals surface area contributed by atoms with Gasteiger partial charge in [0, 0.05) is 13.0 Å². The number of carbonyl (C=O) groups excluding carboxylic acids is 1. The van der Waals surface area contributed by atoms with Gasteiger partial charge in [-0.3, -0.25) is 4.79 Å². The van der Waals surface area contributed by atoms with Gasteiger partial charge in [0.15, 0.2) is 11.6 Å². The van der Waals surface area contributed by atoms with E-state index in [-0.39, 0.29) is 29.9 Å². The predicted molar refractivity (Wildman–Crippen MR) is 85.2 cm³/mol. The van der Waals surface area contributed by atoms with Crippen LogP contribution in [-0.4, -0.2) is 41.1 Å². The second-order valence-corrected chi connectivity index (χ2v) is 5.00. The van der Waals surface area contributed by atoms with Crippen LogP contribution in [0.3, 0.4) is 0 Å². The van der Waals surface area contributed by atoms with E-state index in [4.69, 9.17) is 9.84 Å². The number of halogens is 1. The van der Waals surface area contributed by atoms with Crippen LogP contribution < -0.4 is 4.74 Å². The first-order valence-electron chi connectivity index (χ1n) is 7.98. The lowest BCUT2D eigenvalue weighted by Crippen LogP contribution is -2.38. The third kappa shape index (κ3) is 4.94. The summed E-state index contributed by atoms with van der Waals surface area (Å²) in [4.78, 5) is 24.3. The fraction of sp³-hybridized carbons (Fsp3) is 0.529. The number of hydrogen-bond acceptors (Lipinski definition) is 3. The highest BCUT2D eigenvalue weighted by molar-refractivity contribution is 5.87. The Hall–Kier alpha value is -2.11. The van der Waals surface area contributed by atoms with Crippen LogP contribution in [0.1, 0.15) is 50.4 Å². The fourth-order valence-electron chi connectivity index (χ4n) is 2.48. The molecule has 0 radical (unpaired) electrons. The van der Waals surface area contributed by atoms with E-state index in [1.54, 1.807) is 4.90 Å². The van der Waals surface area contributed by atoms with Crippen molar-refractivity contribution in [2.24, 2.45) is 0 Å². The molecule has 5 nitrogen and oxygen atoms in total. The Balaban J connectivity index is 0.00000127. The van der Waals surface area contributed by atoms with Crippen molar-refractivity contribution < 1.29 is 23.8 Å². The molecular formula is C17H24FNO4. The number of amides is 1. The highest BCUT2D eigenvalue weighted by atomic mass is 19.1. The molecule has 1 saturated heterocycles. The summed E-state index contributed by atoms with van der Waals surface area (Å²) in [6.07, 6.45) is 2.19. The maximum absolute atomic E-state index is 13.7. The summed E-state index contributed by atoms with van der Waals surface area (Å²) in [6, 6.07) is 3.49. The summed E-state index contributed by atoms with van der Waals surface area (Å²) < 4.78 is 19.2. The van der Waals surface area contributed by atoms with Crippen molar-refractivity contribution in [2.75, 3.05) is 13.2 Å². The molecule has 0 aromatic heterocycles. The summed E-state index contributed by atoms with van der Waals surface area (Å²) in [5.74, 6) is -1.81. The predicted octanol–water partition coefficient (Wildman–Crippen LogP) is 3.33. The SMILES string of the molecule is CC.CCC(=O)N1CCCC1COc1ccc(C(=O)O)cc1F. The Bertz CT molecular complexity index is 547. The van der Waals surface area contributed by atoms with Crippen LogP contribution in [0.25, 0.3) is 0 Å². The second-order valence-electron chi connectivity index (χ2n) is 5.00. The Kier molecular flexibility index (Phi) is 7.51. The number of ether oxygens (including phenoxy) is 1. The third-order valence-corrected chi connectivity index (χ3v) is 3.61. The molecule has 0 aliphatic carbocycles. The lowest BCUT2D eigenvalue weighted by atomic mass is 10.2. The number of nitrogens with zero attached hydrogens (tertiary/aromatic N) is 1. The Morgan fingerprint density at radius 3 is 2.65 bits per heavy atom. The first kappa shape index (κ1) is 18.9. The zero-order chi connectivity index (χ0) is 17.4. The van der Waals surface area contributed by atoms with Crippen LogP contribution in [0.5, 0.6) is 5.75 Å². The van der Waals surface area contributed by atoms with E-state index in [1.807, 2.05) is 20.8 Å². The fourth-order valence-corrected chi connectivity index (χ4v) is 2.48. The van der Waals surface area contributed by atoms with Crippen LogP contribution in [0.15, 0.2) is 18.2 Å². The minimum atomic E-state index is -1.18. The monoisotopic (exact) mass is 325 g/mol. The van der Waals surface area contributed by atoms with Gasteiger partial charge in [0.25, 0.3) is 0 Å². The molecule has 0 saturated carbocycles. The number of likely N-dealkylation sites (tertiary alicyclic amines) is 1. The van der Waals surface area contributed by atoms with Crippen LogP contribution in [0.2, 0.25) is 0 Å². The Labute approximate surface area is 136 Å². The van der Waals surface area contributed by atoms with Crippen LogP contribution >= 0.6 is 0 Å². The normalized spacial score (nSPS) is 16.5. The molecule has 1 aromatic rings. The van der Waals surface area contributed by atoms with Crippen molar-refractivity contribution >= 4 is 11.9 Å². The Morgan fingerprint density at radius 2 is 2.09 bits per heavy atom. The van der Waals surface area contributed by atoms with Gasteiger partial charge in [0.2, 0.25) is 5.91 Å². The first-order chi connectivity index (χ1) is 11.0. The van der Waals surface area contributed by atoms with Gasteiger partial charge in [0.05, 0.1) is 11.6 Å². The van der Waals surface area contributed by atoms with E-state index in [0.29, 0.717) is 13.0 Å². The molecule has 0 spiro atoms. The van der Waals surface area contributed by atoms with Gasteiger partial charge < -0.3 is 14.7 Å². The smallest absolute Gasteiger partial charge is 0.335 e. The molecule has 128 valence electrons. The van der Waals surface area contributed by atoms with E-state index in [1.165, 1.54) is 12.1 Å². The highest BCUT2D eigenvalue weighted by Crippen LogP contribution is 2.22. The molecule has 1 heterocycles. The molecular weight excluding hydrogens is 301 g/mol. The number of aromatic carboxylic acids is 1. The zero-order valence-corrected chi connectivity index (χ0v) is 13.8. The number of hydrogen-bond donors (Lipinski definition) is 1. The van der Waals surface area contributed by atoms with Gasteiger partial charge in [-0.05, 0) is 31.0 Å². The summed E-state index contributed by atoms with van der Waals surface area (Å²) in [7, 11) is 0. The molecule has 1 amide bonds. The molecule has 1 aliphatic heterocycles. The molecule has 1 unspecified atom stereocenters. The lowest BCUT2D eigenvalue weighted by molar-refractivity contribution is -0.132. The van der Waals surface area contributed by atoms with Crippen molar-refractivity contribution in [2.45, 2.75) is 46.1 Å². The van der Waals surface area contributed by atoms with E-state index >= 15 is 0 Å². The van der Waals surface area contributed by atoms with Crippen LogP contribution in [-0.2, 0) is 4.79 Å². The molecule has 23 heavy (non-hydrogen) atoms. The van der Waals surface area contributed by atoms with Crippen molar-refractivity contribution in [1.82, 2.24) is 4.90 Å². The summed E-state index contributed by atoms with van der Waals surface area (Å²) in [6.45, 7) is 6.74. The average Bonchev–Trinajstić information content (AvgIpc) is 3.03. The first-order valence-corrected chi connectivity index (χ1v) is 7.98. The molecule has 1 N–H and O–H groups in total. The molecule has 1 aliphatic rings. The summed E-state index contributed by atoms with van der Waals surface area (Å²) >= 11 is 0. The van der Waals surface area contributed by atoms with Crippen LogP contribution in [0.4, 0.5) is 4.39 Å². The number of benzene rings is 1. The zero-order valence-electron chi connectivity index (χ0n) is 13.8. The number of carbonyl (C=O) groups is 2. The number of carboxylic acid groups (broad SMARTS) is 1. The van der Waals surface area contributed by atoms with Crippen molar-refractivity contribution in [3.05, 3.63) is 29.6 Å². The van der Waals surface area contributed by atoms with Crippen molar-refractivity contribution in [3.8, 4) is 5.75 Å². The van der Waals surface area contributed by atoms with E-state index < -0.39 is 11.8 Å². The minimum Gasteiger partial charge on any atom is -0.488 e. The lowest BCUT2D eigenvalue weighted by Gasteiger charge is -2.24. The van der Waals surface area contributed by atoms with Gasteiger partial charge in [-0.1, -0.05) is 20.8 Å². The second kappa shape index (κ2) is 9.12. The molecule has 1 atom stereocenters. The largest absolute Gasteiger partial charge is 0.488 e. The molecule has 1 fully saturated rings. The molecule has 0 bridgehead atoms. The summed E-state index contributed by atoms with van der Waals surface area (Å²) in [5, 5.41) is 8.77. The number of rotatable bonds is 5. The van der Waals surface area contributed by atoms with E-state index in [0.717, 1.165) is 18.9 Å².